The molecule has 0 saturated carbocycles. The lowest BCUT2D eigenvalue weighted by atomic mass is 10.2. The Bertz CT molecular complexity index is 725. The zero-order valence-electron chi connectivity index (χ0n) is 10.4. The molecule has 0 aromatic carbocycles. The molecule has 0 aliphatic rings. The molecule has 3 nitrogen and oxygen atoms in total. The molecule has 19 heavy (non-hydrogen) atoms. The van der Waals surface area contributed by atoms with Gasteiger partial charge in [0.25, 0.3) is 0 Å². The minimum atomic E-state index is -0.0513. The summed E-state index contributed by atoms with van der Waals surface area (Å²) < 4.78 is 3.96. The highest BCUT2D eigenvalue weighted by molar-refractivity contribution is 7.28. The normalized spacial score (nSPS) is 11.6. The standard InChI is InChI=1S/C13H11ClN2OS2/c1-7(2)16-12(8(14)6-15-16)13(17)11-5-10-9(19-11)3-4-18-10/h3-7H,1-2H3. The minimum absolute atomic E-state index is 0.0513. The largest absolute Gasteiger partial charge is 0.286 e. The average molecular weight is 311 g/mol. The van der Waals surface area contributed by atoms with E-state index in [2.05, 4.69) is 5.10 Å². The lowest BCUT2D eigenvalue weighted by Gasteiger charge is -2.09. The van der Waals surface area contributed by atoms with Crippen molar-refractivity contribution in [3.8, 4) is 0 Å². The molecule has 0 amide bonds. The van der Waals surface area contributed by atoms with Crippen molar-refractivity contribution in [3.63, 3.8) is 0 Å². The number of thiophene rings is 2. The molecule has 98 valence electrons. The Morgan fingerprint density at radius 1 is 1.42 bits per heavy atom. The van der Waals surface area contributed by atoms with Crippen LogP contribution in [0.1, 0.15) is 35.3 Å². The zero-order chi connectivity index (χ0) is 13.6. The SMILES string of the molecule is CC(C)n1ncc(Cl)c1C(=O)c1cc2sccc2s1. The van der Waals surface area contributed by atoms with Crippen molar-refractivity contribution in [3.05, 3.63) is 39.3 Å². The monoisotopic (exact) mass is 310 g/mol. The van der Waals surface area contributed by atoms with Gasteiger partial charge in [0.1, 0.15) is 5.69 Å². The second kappa shape index (κ2) is 4.74. The Labute approximate surface area is 123 Å². The van der Waals surface area contributed by atoms with Gasteiger partial charge in [-0.15, -0.1) is 22.7 Å². The van der Waals surface area contributed by atoms with Gasteiger partial charge >= 0.3 is 0 Å². The molecule has 0 aliphatic carbocycles. The van der Waals surface area contributed by atoms with Gasteiger partial charge in [-0.1, -0.05) is 11.6 Å². The van der Waals surface area contributed by atoms with Gasteiger partial charge in [0, 0.05) is 15.4 Å². The number of fused-ring (bicyclic) bond motifs is 1. The number of hydrogen-bond acceptors (Lipinski definition) is 4. The van der Waals surface area contributed by atoms with Crippen LogP contribution in [0.5, 0.6) is 0 Å². The van der Waals surface area contributed by atoms with Crippen molar-refractivity contribution in [2.45, 2.75) is 19.9 Å². The first-order chi connectivity index (χ1) is 9.08. The van der Waals surface area contributed by atoms with Crippen LogP contribution >= 0.6 is 34.3 Å². The van der Waals surface area contributed by atoms with Gasteiger partial charge in [-0.2, -0.15) is 5.10 Å². The second-order valence-electron chi connectivity index (χ2n) is 4.47. The maximum absolute atomic E-state index is 12.6. The van der Waals surface area contributed by atoms with Gasteiger partial charge in [-0.05, 0) is 31.4 Å². The van der Waals surface area contributed by atoms with E-state index in [4.69, 9.17) is 11.6 Å². The fourth-order valence-electron chi connectivity index (χ4n) is 1.94. The van der Waals surface area contributed by atoms with E-state index in [1.54, 1.807) is 16.0 Å². The Kier molecular flexibility index (Phi) is 3.20. The summed E-state index contributed by atoms with van der Waals surface area (Å²) >= 11 is 9.25. The molecule has 3 aromatic rings. The average Bonchev–Trinajstić information content (AvgIpc) is 3.00. The molecule has 0 aliphatic heterocycles. The van der Waals surface area contributed by atoms with E-state index in [0.717, 1.165) is 9.40 Å². The number of nitrogens with zero attached hydrogens (tertiary/aromatic N) is 2. The molecular weight excluding hydrogens is 300 g/mol. The predicted octanol–water partition coefficient (Wildman–Crippen LogP) is 4.62. The third-order valence-electron chi connectivity index (χ3n) is 2.82. The molecule has 3 rings (SSSR count). The molecule has 0 atom stereocenters. The fourth-order valence-corrected chi connectivity index (χ4v) is 4.21. The first-order valence-electron chi connectivity index (χ1n) is 5.82. The van der Waals surface area contributed by atoms with Crippen LogP contribution < -0.4 is 0 Å². The molecule has 0 N–H and O–H groups in total. The molecule has 0 bridgehead atoms. The Morgan fingerprint density at radius 2 is 2.21 bits per heavy atom. The first kappa shape index (κ1) is 12.8. The summed E-state index contributed by atoms with van der Waals surface area (Å²) in [4.78, 5) is 13.3. The maximum atomic E-state index is 12.6. The number of ketones is 1. The van der Waals surface area contributed by atoms with Crippen molar-refractivity contribution < 1.29 is 4.79 Å². The lowest BCUT2D eigenvalue weighted by Crippen LogP contribution is -2.13. The molecule has 3 aromatic heterocycles. The molecule has 6 heteroatoms. The van der Waals surface area contributed by atoms with Crippen LogP contribution in [0.15, 0.2) is 23.7 Å². The topological polar surface area (TPSA) is 34.9 Å². The molecule has 0 unspecified atom stereocenters. The van der Waals surface area contributed by atoms with E-state index in [0.29, 0.717) is 15.6 Å². The van der Waals surface area contributed by atoms with E-state index in [-0.39, 0.29) is 11.8 Å². The van der Waals surface area contributed by atoms with E-state index >= 15 is 0 Å². The van der Waals surface area contributed by atoms with Crippen molar-refractivity contribution in [1.82, 2.24) is 9.78 Å². The summed E-state index contributed by atoms with van der Waals surface area (Å²) in [6.45, 7) is 3.96. The van der Waals surface area contributed by atoms with Crippen LogP contribution in [0.3, 0.4) is 0 Å². The number of carbonyl (C=O) groups excluding carboxylic acids is 1. The summed E-state index contributed by atoms with van der Waals surface area (Å²) in [5, 5.41) is 6.62. The summed E-state index contributed by atoms with van der Waals surface area (Å²) in [6.07, 6.45) is 1.53. The van der Waals surface area contributed by atoms with Crippen LogP contribution in [-0.4, -0.2) is 15.6 Å². The number of aromatic nitrogens is 2. The van der Waals surface area contributed by atoms with E-state index in [9.17, 15) is 4.79 Å². The summed E-state index contributed by atoms with van der Waals surface area (Å²) in [5.74, 6) is -0.0513. The molecule has 0 fully saturated rings. The van der Waals surface area contributed by atoms with Gasteiger partial charge in [0.2, 0.25) is 5.78 Å². The molecule has 0 spiro atoms. The minimum Gasteiger partial charge on any atom is -0.286 e. The first-order valence-corrected chi connectivity index (χ1v) is 7.90. The Balaban J connectivity index is 2.09. The zero-order valence-corrected chi connectivity index (χ0v) is 12.8. The predicted molar refractivity (Wildman–Crippen MR) is 80.8 cm³/mol. The smallest absolute Gasteiger partial charge is 0.222 e. The van der Waals surface area contributed by atoms with Crippen LogP contribution in [0.2, 0.25) is 5.02 Å². The highest BCUT2D eigenvalue weighted by Crippen LogP contribution is 2.32. The van der Waals surface area contributed by atoms with Gasteiger partial charge < -0.3 is 0 Å². The maximum Gasteiger partial charge on any atom is 0.222 e. The van der Waals surface area contributed by atoms with E-state index < -0.39 is 0 Å². The van der Waals surface area contributed by atoms with Gasteiger partial charge in [-0.25, -0.2) is 0 Å². The van der Waals surface area contributed by atoms with Crippen LogP contribution in [0.25, 0.3) is 9.40 Å². The summed E-state index contributed by atoms with van der Waals surface area (Å²) in [5.41, 5.74) is 0.477. The molecule has 0 radical (unpaired) electrons. The third kappa shape index (κ3) is 2.12. The summed E-state index contributed by atoms with van der Waals surface area (Å²) in [6, 6.07) is 4.07. The molecule has 3 heterocycles. The fraction of sp³-hybridized carbons (Fsp3) is 0.231. The highest BCUT2D eigenvalue weighted by Gasteiger charge is 2.22. The number of rotatable bonds is 3. The highest BCUT2D eigenvalue weighted by atomic mass is 35.5. The summed E-state index contributed by atoms with van der Waals surface area (Å²) in [7, 11) is 0. The number of halogens is 1. The van der Waals surface area contributed by atoms with Crippen molar-refractivity contribution in [1.29, 1.82) is 0 Å². The molecule has 0 saturated heterocycles. The van der Waals surface area contributed by atoms with E-state index in [1.165, 1.54) is 17.5 Å². The van der Waals surface area contributed by atoms with Crippen LogP contribution in [-0.2, 0) is 0 Å². The third-order valence-corrected chi connectivity index (χ3v) is 5.19. The van der Waals surface area contributed by atoms with Crippen molar-refractivity contribution in [2.24, 2.45) is 0 Å². The quantitative estimate of drug-likeness (QED) is 0.661. The number of carbonyl (C=O) groups is 1. The van der Waals surface area contributed by atoms with Gasteiger partial charge in [0.05, 0.1) is 16.1 Å². The van der Waals surface area contributed by atoms with E-state index in [1.807, 2.05) is 31.4 Å². The van der Waals surface area contributed by atoms with Crippen LogP contribution in [0.4, 0.5) is 0 Å². The Hall–Kier alpha value is -1.17. The van der Waals surface area contributed by atoms with Gasteiger partial charge in [-0.3, -0.25) is 9.48 Å². The van der Waals surface area contributed by atoms with Crippen molar-refractivity contribution in [2.75, 3.05) is 0 Å². The lowest BCUT2D eigenvalue weighted by molar-refractivity contribution is 0.103. The van der Waals surface area contributed by atoms with Gasteiger partial charge in [0.15, 0.2) is 0 Å². The Morgan fingerprint density at radius 3 is 2.89 bits per heavy atom. The van der Waals surface area contributed by atoms with Crippen LogP contribution in [0, 0.1) is 0 Å². The second-order valence-corrected chi connectivity index (χ2v) is 6.91. The van der Waals surface area contributed by atoms with Crippen molar-refractivity contribution >= 4 is 49.5 Å². The number of hydrogen-bond donors (Lipinski definition) is 0. The molecular formula is C13H11ClN2OS2.